The number of rotatable bonds is 7. The van der Waals surface area contributed by atoms with Crippen molar-refractivity contribution in [3.8, 4) is 0 Å². The fourth-order valence-electron chi connectivity index (χ4n) is 2.61. The normalized spacial score (nSPS) is 10.7. The summed E-state index contributed by atoms with van der Waals surface area (Å²) < 4.78 is 13.0. The standard InChI is InChI=1S/C22H25FN6O/c1-14(2)19-26-21(28-22(27-19)29(3)4)24-13-15-5-7-16(8-6-15)20(30)25-18-11-9-17(23)10-12-18/h5-12,14H,13H2,1-4H3,(H,25,30)(H,24,26,27,28). The molecule has 30 heavy (non-hydrogen) atoms. The molecule has 0 aliphatic rings. The molecule has 156 valence electrons. The van der Waals surface area contributed by atoms with Gasteiger partial charge in [-0.1, -0.05) is 26.0 Å². The highest BCUT2D eigenvalue weighted by Gasteiger charge is 2.11. The summed E-state index contributed by atoms with van der Waals surface area (Å²) in [5.41, 5.74) is 2.03. The van der Waals surface area contributed by atoms with Gasteiger partial charge >= 0.3 is 0 Å². The molecule has 0 aliphatic carbocycles. The quantitative estimate of drug-likeness (QED) is 0.613. The van der Waals surface area contributed by atoms with Gasteiger partial charge in [0.25, 0.3) is 5.91 Å². The van der Waals surface area contributed by atoms with E-state index in [4.69, 9.17) is 0 Å². The highest BCUT2D eigenvalue weighted by molar-refractivity contribution is 6.04. The molecule has 0 atom stereocenters. The Balaban J connectivity index is 1.64. The molecule has 0 saturated heterocycles. The molecule has 1 amide bonds. The van der Waals surface area contributed by atoms with Gasteiger partial charge in [-0.3, -0.25) is 4.79 Å². The van der Waals surface area contributed by atoms with Crippen LogP contribution in [0.3, 0.4) is 0 Å². The summed E-state index contributed by atoms with van der Waals surface area (Å²) in [7, 11) is 3.78. The molecule has 0 radical (unpaired) electrons. The Morgan fingerprint density at radius 3 is 2.27 bits per heavy atom. The Bertz CT molecular complexity index is 977. The van der Waals surface area contributed by atoms with Crippen LogP contribution >= 0.6 is 0 Å². The third-order valence-corrected chi connectivity index (χ3v) is 4.33. The minimum Gasteiger partial charge on any atom is -0.350 e. The molecule has 0 fully saturated rings. The van der Waals surface area contributed by atoms with Crippen LogP contribution in [0, 0.1) is 5.82 Å². The molecule has 8 heteroatoms. The van der Waals surface area contributed by atoms with Crippen molar-refractivity contribution in [1.29, 1.82) is 0 Å². The molecule has 2 aromatic carbocycles. The number of benzene rings is 2. The van der Waals surface area contributed by atoms with Gasteiger partial charge in [0.05, 0.1) is 0 Å². The molecule has 1 heterocycles. The average molecular weight is 408 g/mol. The van der Waals surface area contributed by atoms with E-state index in [0.717, 1.165) is 11.4 Å². The minimum absolute atomic E-state index is 0.186. The van der Waals surface area contributed by atoms with Gasteiger partial charge in [-0.05, 0) is 42.0 Å². The number of nitrogens with one attached hydrogen (secondary N) is 2. The summed E-state index contributed by atoms with van der Waals surface area (Å²) in [6.07, 6.45) is 0. The molecule has 2 N–H and O–H groups in total. The zero-order valence-electron chi connectivity index (χ0n) is 17.5. The minimum atomic E-state index is -0.346. The van der Waals surface area contributed by atoms with E-state index in [-0.39, 0.29) is 17.6 Å². The SMILES string of the molecule is CC(C)c1nc(NCc2ccc(C(=O)Nc3ccc(F)cc3)cc2)nc(N(C)C)n1. The second-order valence-corrected chi connectivity index (χ2v) is 7.38. The van der Waals surface area contributed by atoms with Crippen LogP contribution < -0.4 is 15.5 Å². The Kier molecular flexibility index (Phi) is 6.56. The van der Waals surface area contributed by atoms with Gasteiger partial charge in [0, 0.05) is 37.8 Å². The summed E-state index contributed by atoms with van der Waals surface area (Å²) in [6, 6.07) is 12.9. The molecule has 3 aromatic rings. The van der Waals surface area contributed by atoms with E-state index >= 15 is 0 Å². The summed E-state index contributed by atoms with van der Waals surface area (Å²) in [4.78, 5) is 27.5. The highest BCUT2D eigenvalue weighted by Crippen LogP contribution is 2.16. The van der Waals surface area contributed by atoms with E-state index in [1.54, 1.807) is 12.1 Å². The molecule has 7 nitrogen and oxygen atoms in total. The van der Waals surface area contributed by atoms with Crippen molar-refractivity contribution in [2.75, 3.05) is 29.6 Å². The van der Waals surface area contributed by atoms with Crippen LogP contribution in [0.4, 0.5) is 22.0 Å². The maximum absolute atomic E-state index is 13.0. The van der Waals surface area contributed by atoms with Crippen LogP contribution in [-0.4, -0.2) is 35.0 Å². The van der Waals surface area contributed by atoms with E-state index in [1.807, 2.05) is 45.0 Å². The predicted molar refractivity (Wildman–Crippen MR) is 116 cm³/mol. The zero-order valence-corrected chi connectivity index (χ0v) is 17.5. The van der Waals surface area contributed by atoms with Crippen molar-refractivity contribution in [2.24, 2.45) is 0 Å². The van der Waals surface area contributed by atoms with Gasteiger partial charge in [-0.2, -0.15) is 15.0 Å². The Morgan fingerprint density at radius 2 is 1.67 bits per heavy atom. The molecular weight excluding hydrogens is 383 g/mol. The smallest absolute Gasteiger partial charge is 0.255 e. The summed E-state index contributed by atoms with van der Waals surface area (Å²) in [6.45, 7) is 4.58. The van der Waals surface area contributed by atoms with E-state index in [0.29, 0.717) is 29.7 Å². The van der Waals surface area contributed by atoms with Crippen molar-refractivity contribution in [3.05, 3.63) is 71.3 Å². The van der Waals surface area contributed by atoms with E-state index in [1.165, 1.54) is 24.3 Å². The number of carbonyl (C=O) groups is 1. The maximum atomic E-state index is 13.0. The summed E-state index contributed by atoms with van der Waals surface area (Å²) in [5.74, 6) is 1.42. The monoisotopic (exact) mass is 408 g/mol. The number of aromatic nitrogens is 3. The zero-order chi connectivity index (χ0) is 21.7. The molecule has 0 aliphatic heterocycles. The van der Waals surface area contributed by atoms with Crippen molar-refractivity contribution < 1.29 is 9.18 Å². The van der Waals surface area contributed by atoms with Crippen LogP contribution in [0.5, 0.6) is 0 Å². The lowest BCUT2D eigenvalue weighted by molar-refractivity contribution is 0.102. The van der Waals surface area contributed by atoms with Crippen LogP contribution in [-0.2, 0) is 6.54 Å². The van der Waals surface area contributed by atoms with Crippen LogP contribution in [0.15, 0.2) is 48.5 Å². The second-order valence-electron chi connectivity index (χ2n) is 7.38. The summed E-state index contributed by atoms with van der Waals surface area (Å²) in [5, 5.41) is 5.96. The molecule has 0 spiro atoms. The number of halogens is 1. The topological polar surface area (TPSA) is 83.0 Å². The highest BCUT2D eigenvalue weighted by atomic mass is 19.1. The third-order valence-electron chi connectivity index (χ3n) is 4.33. The Morgan fingerprint density at radius 1 is 1.00 bits per heavy atom. The number of amides is 1. The van der Waals surface area contributed by atoms with Gasteiger partial charge < -0.3 is 15.5 Å². The number of carbonyl (C=O) groups excluding carboxylic acids is 1. The lowest BCUT2D eigenvalue weighted by Gasteiger charge is -2.15. The first-order valence-electron chi connectivity index (χ1n) is 9.65. The summed E-state index contributed by atoms with van der Waals surface area (Å²) >= 11 is 0. The Hall–Kier alpha value is -3.55. The van der Waals surface area contributed by atoms with Crippen molar-refractivity contribution in [3.63, 3.8) is 0 Å². The lowest BCUT2D eigenvalue weighted by atomic mass is 10.1. The number of hydrogen-bond acceptors (Lipinski definition) is 6. The first-order chi connectivity index (χ1) is 14.3. The van der Waals surface area contributed by atoms with E-state index < -0.39 is 0 Å². The molecule has 0 bridgehead atoms. The first-order valence-corrected chi connectivity index (χ1v) is 9.65. The van der Waals surface area contributed by atoms with Gasteiger partial charge in [0.1, 0.15) is 11.6 Å². The molecule has 1 aromatic heterocycles. The molecule has 0 saturated carbocycles. The van der Waals surface area contributed by atoms with E-state index in [9.17, 15) is 9.18 Å². The lowest BCUT2D eigenvalue weighted by Crippen LogP contribution is -2.17. The van der Waals surface area contributed by atoms with E-state index in [2.05, 4.69) is 25.6 Å². The fourth-order valence-corrected chi connectivity index (χ4v) is 2.61. The fraction of sp³-hybridized carbons (Fsp3) is 0.273. The Labute approximate surface area is 175 Å². The largest absolute Gasteiger partial charge is 0.350 e. The second kappa shape index (κ2) is 9.30. The maximum Gasteiger partial charge on any atom is 0.255 e. The van der Waals surface area contributed by atoms with Gasteiger partial charge in [0.15, 0.2) is 0 Å². The van der Waals surface area contributed by atoms with Gasteiger partial charge in [-0.25, -0.2) is 4.39 Å². The first kappa shape index (κ1) is 21.2. The van der Waals surface area contributed by atoms with Gasteiger partial charge in [-0.15, -0.1) is 0 Å². The van der Waals surface area contributed by atoms with Crippen LogP contribution in [0.25, 0.3) is 0 Å². The average Bonchev–Trinajstić information content (AvgIpc) is 2.74. The number of hydrogen-bond donors (Lipinski definition) is 2. The molecular formula is C22H25FN6O. The number of anilines is 3. The van der Waals surface area contributed by atoms with Crippen molar-refractivity contribution >= 4 is 23.5 Å². The van der Waals surface area contributed by atoms with Crippen LogP contribution in [0.1, 0.15) is 41.5 Å². The van der Waals surface area contributed by atoms with Crippen molar-refractivity contribution in [2.45, 2.75) is 26.3 Å². The third kappa shape index (κ3) is 5.50. The van der Waals surface area contributed by atoms with Gasteiger partial charge in [0.2, 0.25) is 11.9 Å². The number of nitrogens with zero attached hydrogens (tertiary/aromatic N) is 4. The van der Waals surface area contributed by atoms with Crippen molar-refractivity contribution in [1.82, 2.24) is 15.0 Å². The molecule has 0 unspecified atom stereocenters. The van der Waals surface area contributed by atoms with Crippen LogP contribution in [0.2, 0.25) is 0 Å². The molecule has 3 rings (SSSR count). The predicted octanol–water partition coefficient (Wildman–Crippen LogP) is 4.06.